The summed E-state index contributed by atoms with van der Waals surface area (Å²) in [4.78, 5) is 11.9. The van der Waals surface area contributed by atoms with Crippen LogP contribution in [-0.4, -0.2) is 28.2 Å². The van der Waals surface area contributed by atoms with Crippen LogP contribution >= 0.6 is 0 Å². The van der Waals surface area contributed by atoms with Gasteiger partial charge in [0.25, 0.3) is 5.91 Å². The predicted octanol–water partition coefficient (Wildman–Crippen LogP) is 0.724. The van der Waals surface area contributed by atoms with E-state index in [0.29, 0.717) is 12.1 Å². The Morgan fingerprint density at radius 1 is 1.44 bits per heavy atom. The lowest BCUT2D eigenvalue weighted by molar-refractivity contribution is 0.0894. The summed E-state index contributed by atoms with van der Waals surface area (Å²) in [5.74, 6) is -0.149. The van der Waals surface area contributed by atoms with Gasteiger partial charge in [0.05, 0.1) is 23.5 Å². The van der Waals surface area contributed by atoms with Gasteiger partial charge in [-0.1, -0.05) is 13.8 Å². The first-order chi connectivity index (χ1) is 7.67. The number of rotatable bonds is 5. The van der Waals surface area contributed by atoms with Crippen LogP contribution in [-0.2, 0) is 0 Å². The van der Waals surface area contributed by atoms with Crippen LogP contribution in [0, 0.1) is 0 Å². The second kappa shape index (κ2) is 5.55. The van der Waals surface area contributed by atoms with Crippen molar-refractivity contribution in [2.45, 2.75) is 32.2 Å². The third-order valence-corrected chi connectivity index (χ3v) is 2.97. The van der Waals surface area contributed by atoms with Crippen LogP contribution in [0.3, 0.4) is 0 Å². The van der Waals surface area contributed by atoms with Crippen LogP contribution in [0.25, 0.3) is 0 Å². The fourth-order valence-corrected chi connectivity index (χ4v) is 1.50. The molecule has 3 N–H and O–H groups in total. The number of carbonyl (C=O) groups excluding carboxylic acids is 1. The Kier molecular flexibility index (Phi) is 4.37. The lowest BCUT2D eigenvalue weighted by atomic mass is 9.92. The number of nitrogens with zero attached hydrogens (tertiary/aromatic N) is 2. The highest BCUT2D eigenvalue weighted by atomic mass is 16.1. The molecule has 0 spiro atoms. The molecule has 0 aromatic carbocycles. The molecule has 5 nitrogen and oxygen atoms in total. The minimum atomic E-state index is -0.319. The van der Waals surface area contributed by atoms with Crippen molar-refractivity contribution in [1.29, 1.82) is 0 Å². The molecule has 0 saturated carbocycles. The molecule has 1 aromatic rings. The van der Waals surface area contributed by atoms with E-state index in [2.05, 4.69) is 15.5 Å². The van der Waals surface area contributed by atoms with Gasteiger partial charge in [0, 0.05) is 6.54 Å². The SMILES string of the molecule is CCC(CC)(CN)NC(=O)c1ccnnc1. The summed E-state index contributed by atoms with van der Waals surface area (Å²) < 4.78 is 0. The summed E-state index contributed by atoms with van der Waals surface area (Å²) in [7, 11) is 0. The minimum Gasteiger partial charge on any atom is -0.345 e. The van der Waals surface area contributed by atoms with E-state index < -0.39 is 0 Å². The zero-order valence-corrected chi connectivity index (χ0v) is 9.73. The monoisotopic (exact) mass is 222 g/mol. The van der Waals surface area contributed by atoms with Crippen molar-refractivity contribution in [3.63, 3.8) is 0 Å². The zero-order chi connectivity index (χ0) is 12.0. The van der Waals surface area contributed by atoms with Gasteiger partial charge in [-0.05, 0) is 18.9 Å². The van der Waals surface area contributed by atoms with Crippen LogP contribution in [0.5, 0.6) is 0 Å². The number of nitrogens with one attached hydrogen (secondary N) is 1. The van der Waals surface area contributed by atoms with Gasteiger partial charge in [0.1, 0.15) is 0 Å². The second-order valence-electron chi connectivity index (χ2n) is 3.78. The molecule has 0 aliphatic rings. The van der Waals surface area contributed by atoms with Crippen molar-refractivity contribution in [1.82, 2.24) is 15.5 Å². The molecule has 0 radical (unpaired) electrons. The van der Waals surface area contributed by atoms with Crippen molar-refractivity contribution < 1.29 is 4.79 Å². The maximum atomic E-state index is 11.9. The number of hydrogen-bond donors (Lipinski definition) is 2. The van der Waals surface area contributed by atoms with Crippen molar-refractivity contribution in [3.05, 3.63) is 24.0 Å². The average Bonchev–Trinajstić information content (AvgIpc) is 2.37. The topological polar surface area (TPSA) is 80.9 Å². The molecule has 0 atom stereocenters. The second-order valence-corrected chi connectivity index (χ2v) is 3.78. The molecule has 5 heteroatoms. The predicted molar refractivity (Wildman–Crippen MR) is 61.9 cm³/mol. The fourth-order valence-electron chi connectivity index (χ4n) is 1.50. The van der Waals surface area contributed by atoms with Gasteiger partial charge >= 0.3 is 0 Å². The summed E-state index contributed by atoms with van der Waals surface area (Å²) in [5, 5.41) is 10.3. The third-order valence-electron chi connectivity index (χ3n) is 2.97. The summed E-state index contributed by atoms with van der Waals surface area (Å²) in [6.07, 6.45) is 4.56. The van der Waals surface area contributed by atoms with Crippen LogP contribution in [0.4, 0.5) is 0 Å². The summed E-state index contributed by atoms with van der Waals surface area (Å²) in [6, 6.07) is 1.63. The standard InChI is InChI=1S/C11H18N4O/c1-3-11(4-2,8-12)15-10(16)9-5-6-13-14-7-9/h5-7H,3-4,8,12H2,1-2H3,(H,15,16). The molecule has 0 aliphatic carbocycles. The van der Waals surface area contributed by atoms with Crippen LogP contribution in [0.2, 0.25) is 0 Å². The van der Waals surface area contributed by atoms with E-state index in [0.717, 1.165) is 12.8 Å². The smallest absolute Gasteiger partial charge is 0.253 e. The minimum absolute atomic E-state index is 0.149. The molecule has 88 valence electrons. The molecule has 0 saturated heterocycles. The largest absolute Gasteiger partial charge is 0.345 e. The normalized spacial score (nSPS) is 11.2. The molecule has 0 aliphatic heterocycles. The molecular formula is C11H18N4O. The van der Waals surface area contributed by atoms with Crippen molar-refractivity contribution in [3.8, 4) is 0 Å². The molecule has 1 aromatic heterocycles. The number of amides is 1. The maximum Gasteiger partial charge on any atom is 0.253 e. The number of hydrogen-bond acceptors (Lipinski definition) is 4. The van der Waals surface area contributed by atoms with E-state index in [1.807, 2.05) is 13.8 Å². The molecule has 16 heavy (non-hydrogen) atoms. The molecule has 0 fully saturated rings. The Morgan fingerprint density at radius 3 is 2.56 bits per heavy atom. The first-order valence-electron chi connectivity index (χ1n) is 5.46. The highest BCUT2D eigenvalue weighted by Crippen LogP contribution is 2.14. The molecule has 1 amide bonds. The Labute approximate surface area is 95.4 Å². The quantitative estimate of drug-likeness (QED) is 0.769. The third kappa shape index (κ3) is 2.76. The van der Waals surface area contributed by atoms with E-state index in [4.69, 9.17) is 5.73 Å². The number of aromatic nitrogens is 2. The van der Waals surface area contributed by atoms with Crippen molar-refractivity contribution in [2.75, 3.05) is 6.54 Å². The van der Waals surface area contributed by atoms with Crippen LogP contribution in [0.15, 0.2) is 18.5 Å². The van der Waals surface area contributed by atoms with Crippen molar-refractivity contribution in [2.24, 2.45) is 5.73 Å². The van der Waals surface area contributed by atoms with Gasteiger partial charge in [0.2, 0.25) is 0 Å². The molecule has 0 unspecified atom stereocenters. The van der Waals surface area contributed by atoms with E-state index in [1.54, 1.807) is 6.07 Å². The van der Waals surface area contributed by atoms with Gasteiger partial charge in [-0.3, -0.25) is 4.79 Å². The van der Waals surface area contributed by atoms with Gasteiger partial charge in [-0.15, -0.1) is 0 Å². The molecule has 1 rings (SSSR count). The van der Waals surface area contributed by atoms with E-state index in [1.165, 1.54) is 12.4 Å². The Morgan fingerprint density at radius 2 is 2.12 bits per heavy atom. The van der Waals surface area contributed by atoms with E-state index >= 15 is 0 Å². The lowest BCUT2D eigenvalue weighted by Crippen LogP contribution is -2.52. The Hall–Kier alpha value is -1.49. The number of carbonyl (C=O) groups is 1. The van der Waals surface area contributed by atoms with E-state index in [9.17, 15) is 4.79 Å². The van der Waals surface area contributed by atoms with Gasteiger partial charge in [-0.25, -0.2) is 0 Å². The van der Waals surface area contributed by atoms with Crippen molar-refractivity contribution >= 4 is 5.91 Å². The zero-order valence-electron chi connectivity index (χ0n) is 9.73. The Bertz CT molecular complexity index is 327. The molecule has 1 heterocycles. The summed E-state index contributed by atoms with van der Waals surface area (Å²) >= 11 is 0. The van der Waals surface area contributed by atoms with Gasteiger partial charge in [-0.2, -0.15) is 10.2 Å². The summed E-state index contributed by atoms with van der Waals surface area (Å²) in [6.45, 7) is 4.47. The maximum absolute atomic E-state index is 11.9. The summed E-state index contributed by atoms with van der Waals surface area (Å²) in [5.41, 5.74) is 5.90. The van der Waals surface area contributed by atoms with Crippen LogP contribution < -0.4 is 11.1 Å². The van der Waals surface area contributed by atoms with E-state index in [-0.39, 0.29) is 11.4 Å². The highest BCUT2D eigenvalue weighted by Gasteiger charge is 2.26. The van der Waals surface area contributed by atoms with Gasteiger partial charge in [0.15, 0.2) is 0 Å². The highest BCUT2D eigenvalue weighted by molar-refractivity contribution is 5.94. The first-order valence-corrected chi connectivity index (χ1v) is 5.46. The first kappa shape index (κ1) is 12.6. The van der Waals surface area contributed by atoms with Gasteiger partial charge < -0.3 is 11.1 Å². The molecule has 0 bridgehead atoms. The average molecular weight is 222 g/mol. The van der Waals surface area contributed by atoms with Crippen LogP contribution in [0.1, 0.15) is 37.0 Å². The lowest BCUT2D eigenvalue weighted by Gasteiger charge is -2.31. The molecular weight excluding hydrogens is 204 g/mol. The number of nitrogens with two attached hydrogens (primary N) is 1. The fraction of sp³-hybridized carbons (Fsp3) is 0.545. The Balaban J connectivity index is 2.77.